The van der Waals surface area contributed by atoms with Crippen LogP contribution < -0.4 is 5.32 Å². The molecule has 1 aromatic carbocycles. The molecule has 0 unspecified atom stereocenters. The lowest BCUT2D eigenvalue weighted by Crippen LogP contribution is -2.08. The largest absolute Gasteiger partial charge is 0.417 e. The number of amides is 1. The summed E-state index contributed by atoms with van der Waals surface area (Å²) >= 11 is 10.9. The van der Waals surface area contributed by atoms with Crippen LogP contribution in [-0.2, 0) is 11.0 Å². The summed E-state index contributed by atoms with van der Waals surface area (Å²) in [6, 6.07) is 1.83. The summed E-state index contributed by atoms with van der Waals surface area (Å²) < 4.78 is 37.2. The number of halogens is 5. The van der Waals surface area contributed by atoms with Gasteiger partial charge in [-0.05, 0) is 12.1 Å². The second-order valence-corrected chi connectivity index (χ2v) is 3.39. The van der Waals surface area contributed by atoms with Crippen LogP contribution in [0.25, 0.3) is 0 Å². The van der Waals surface area contributed by atoms with Gasteiger partial charge in [0, 0.05) is 5.02 Å². The molecule has 0 atom stereocenters. The molecule has 82 valence electrons. The van der Waals surface area contributed by atoms with Gasteiger partial charge in [0.25, 0.3) is 0 Å². The van der Waals surface area contributed by atoms with Crippen molar-refractivity contribution in [2.45, 2.75) is 6.18 Å². The van der Waals surface area contributed by atoms with Crippen LogP contribution in [0.2, 0.25) is 10.0 Å². The summed E-state index contributed by atoms with van der Waals surface area (Å²) in [5, 5.41) is 1.29. The minimum Gasteiger partial charge on any atom is -0.327 e. The van der Waals surface area contributed by atoms with E-state index < -0.39 is 16.8 Å². The predicted octanol–water partition coefficient (Wildman–Crippen LogP) is 3.58. The molecule has 0 aliphatic rings. The van der Waals surface area contributed by atoms with Crippen LogP contribution in [0, 0.1) is 0 Å². The van der Waals surface area contributed by atoms with Crippen LogP contribution in [-0.4, -0.2) is 6.41 Å². The van der Waals surface area contributed by atoms with Gasteiger partial charge in [0.15, 0.2) is 0 Å². The fourth-order valence-electron chi connectivity index (χ4n) is 0.964. The van der Waals surface area contributed by atoms with Gasteiger partial charge in [-0.1, -0.05) is 23.2 Å². The fourth-order valence-corrected chi connectivity index (χ4v) is 1.45. The highest BCUT2D eigenvalue weighted by atomic mass is 35.5. The number of carbonyl (C=O) groups excluding carboxylic acids is 1. The van der Waals surface area contributed by atoms with Gasteiger partial charge in [-0.2, -0.15) is 13.2 Å². The van der Waals surface area contributed by atoms with E-state index in [9.17, 15) is 18.0 Å². The normalized spacial score (nSPS) is 11.3. The van der Waals surface area contributed by atoms with E-state index >= 15 is 0 Å². The monoisotopic (exact) mass is 257 g/mol. The number of benzene rings is 1. The molecule has 2 nitrogen and oxygen atoms in total. The zero-order chi connectivity index (χ0) is 11.6. The van der Waals surface area contributed by atoms with E-state index in [1.54, 1.807) is 0 Å². The molecule has 0 heterocycles. The summed E-state index contributed by atoms with van der Waals surface area (Å²) in [7, 11) is 0. The molecule has 15 heavy (non-hydrogen) atoms. The number of alkyl halides is 3. The first-order valence-electron chi connectivity index (χ1n) is 3.62. The number of rotatable bonds is 2. The van der Waals surface area contributed by atoms with Crippen molar-refractivity contribution in [1.82, 2.24) is 0 Å². The molecular weight excluding hydrogens is 254 g/mol. The SMILES string of the molecule is O=CNc1cc(Cl)cc(C(F)(F)F)c1Cl. The number of hydrogen-bond acceptors (Lipinski definition) is 1. The van der Waals surface area contributed by atoms with E-state index in [0.29, 0.717) is 6.07 Å². The Morgan fingerprint density at radius 1 is 1.27 bits per heavy atom. The van der Waals surface area contributed by atoms with Crippen LogP contribution in [0.15, 0.2) is 12.1 Å². The van der Waals surface area contributed by atoms with Crippen molar-refractivity contribution in [3.8, 4) is 0 Å². The molecule has 7 heteroatoms. The second-order valence-electron chi connectivity index (χ2n) is 2.57. The van der Waals surface area contributed by atoms with E-state index in [4.69, 9.17) is 23.2 Å². The maximum Gasteiger partial charge on any atom is 0.417 e. The van der Waals surface area contributed by atoms with E-state index in [1.807, 2.05) is 5.32 Å². The zero-order valence-corrected chi connectivity index (χ0v) is 8.54. The minimum absolute atomic E-state index is 0.156. The minimum atomic E-state index is -4.61. The van der Waals surface area contributed by atoms with Crippen molar-refractivity contribution in [1.29, 1.82) is 0 Å². The van der Waals surface area contributed by atoms with Crippen molar-refractivity contribution in [2.24, 2.45) is 0 Å². The van der Waals surface area contributed by atoms with Crippen molar-refractivity contribution in [3.63, 3.8) is 0 Å². The maximum atomic E-state index is 12.4. The molecule has 0 saturated carbocycles. The Morgan fingerprint density at radius 2 is 1.87 bits per heavy atom. The Labute approximate surface area is 93.0 Å². The quantitative estimate of drug-likeness (QED) is 0.807. The molecule has 1 N–H and O–H groups in total. The van der Waals surface area contributed by atoms with Gasteiger partial charge in [0.2, 0.25) is 6.41 Å². The molecule has 0 radical (unpaired) electrons. The zero-order valence-electron chi connectivity index (χ0n) is 7.03. The number of anilines is 1. The number of carbonyl (C=O) groups is 1. The van der Waals surface area contributed by atoms with E-state index in [-0.39, 0.29) is 17.1 Å². The van der Waals surface area contributed by atoms with Gasteiger partial charge in [-0.3, -0.25) is 4.79 Å². The lowest BCUT2D eigenvalue weighted by Gasteiger charge is -2.12. The first-order valence-corrected chi connectivity index (χ1v) is 4.38. The van der Waals surface area contributed by atoms with Gasteiger partial charge < -0.3 is 5.32 Å². The van der Waals surface area contributed by atoms with Gasteiger partial charge in [0.1, 0.15) is 0 Å². The van der Waals surface area contributed by atoms with Gasteiger partial charge >= 0.3 is 6.18 Å². The Balaban J connectivity index is 3.34. The average molecular weight is 258 g/mol. The first-order chi connectivity index (χ1) is 6.86. The first kappa shape index (κ1) is 12.1. The summed E-state index contributed by atoms with van der Waals surface area (Å²) in [4.78, 5) is 10.1. The molecule has 1 rings (SSSR count). The summed E-state index contributed by atoms with van der Waals surface area (Å²) in [6.45, 7) is 0. The lowest BCUT2D eigenvalue weighted by molar-refractivity contribution is -0.137. The van der Waals surface area contributed by atoms with Crippen molar-refractivity contribution in [2.75, 3.05) is 5.32 Å². The van der Waals surface area contributed by atoms with Gasteiger partial charge in [0.05, 0.1) is 16.3 Å². The third-order valence-electron chi connectivity index (χ3n) is 1.56. The number of hydrogen-bond donors (Lipinski definition) is 1. The molecule has 0 aromatic heterocycles. The Kier molecular flexibility index (Phi) is 3.46. The van der Waals surface area contributed by atoms with Crippen molar-refractivity contribution in [3.05, 3.63) is 27.7 Å². The average Bonchev–Trinajstić information content (AvgIpc) is 2.09. The topological polar surface area (TPSA) is 29.1 Å². The molecule has 0 bridgehead atoms. The Morgan fingerprint density at radius 3 is 2.33 bits per heavy atom. The summed E-state index contributed by atoms with van der Waals surface area (Å²) in [5.41, 5.74) is -1.26. The molecule has 0 aliphatic carbocycles. The van der Waals surface area contributed by atoms with Gasteiger partial charge in [-0.15, -0.1) is 0 Å². The highest BCUT2D eigenvalue weighted by Gasteiger charge is 2.34. The fraction of sp³-hybridized carbons (Fsp3) is 0.125. The standard InChI is InChI=1S/C8H4Cl2F3NO/c9-4-1-5(8(11,12)13)7(10)6(2-4)14-3-15/h1-3H,(H,14,15). The maximum absolute atomic E-state index is 12.4. The van der Waals surface area contributed by atoms with Crippen LogP contribution in [0.1, 0.15) is 5.56 Å². The van der Waals surface area contributed by atoms with Crippen LogP contribution in [0.4, 0.5) is 18.9 Å². The molecule has 0 aliphatic heterocycles. The van der Waals surface area contributed by atoms with Crippen LogP contribution >= 0.6 is 23.2 Å². The molecule has 0 spiro atoms. The van der Waals surface area contributed by atoms with Crippen molar-refractivity contribution < 1.29 is 18.0 Å². The smallest absolute Gasteiger partial charge is 0.327 e. The highest BCUT2D eigenvalue weighted by Crippen LogP contribution is 2.40. The molecular formula is C8H4Cl2F3NO. The highest BCUT2D eigenvalue weighted by molar-refractivity contribution is 6.36. The van der Waals surface area contributed by atoms with Crippen molar-refractivity contribution >= 4 is 35.3 Å². The van der Waals surface area contributed by atoms with E-state index in [0.717, 1.165) is 6.07 Å². The Hall–Kier alpha value is -0.940. The third kappa shape index (κ3) is 2.76. The molecule has 1 aromatic rings. The summed E-state index contributed by atoms with van der Waals surface area (Å²) in [5.74, 6) is 0. The van der Waals surface area contributed by atoms with E-state index in [1.165, 1.54) is 0 Å². The second kappa shape index (κ2) is 4.28. The van der Waals surface area contributed by atoms with E-state index in [2.05, 4.69) is 0 Å². The van der Waals surface area contributed by atoms with Crippen LogP contribution in [0.5, 0.6) is 0 Å². The lowest BCUT2D eigenvalue weighted by atomic mass is 10.2. The molecule has 0 fully saturated rings. The van der Waals surface area contributed by atoms with Crippen LogP contribution in [0.3, 0.4) is 0 Å². The molecule has 0 saturated heterocycles. The Bertz CT molecular complexity index is 392. The third-order valence-corrected chi connectivity index (χ3v) is 2.18. The molecule has 1 amide bonds. The summed E-state index contributed by atoms with van der Waals surface area (Å²) in [6.07, 6.45) is -4.39. The number of nitrogens with one attached hydrogen (secondary N) is 1. The van der Waals surface area contributed by atoms with Gasteiger partial charge in [-0.25, -0.2) is 0 Å². The predicted molar refractivity (Wildman–Crippen MR) is 51.2 cm³/mol.